The molecule has 4 rings (SSSR count). The average molecular weight is 293 g/mol. The highest BCUT2D eigenvalue weighted by Crippen LogP contribution is 2.47. The number of hydrogen-bond donors (Lipinski definition) is 1. The van der Waals surface area contributed by atoms with E-state index in [1.54, 1.807) is 6.07 Å². The number of nitrogens with zero attached hydrogens (tertiary/aromatic N) is 1. The molecule has 1 saturated carbocycles. The second kappa shape index (κ2) is 5.16. The summed E-state index contributed by atoms with van der Waals surface area (Å²) in [5.41, 5.74) is 1.61. The summed E-state index contributed by atoms with van der Waals surface area (Å²) in [6.45, 7) is 0. The molecule has 0 bridgehead atoms. The van der Waals surface area contributed by atoms with Crippen molar-refractivity contribution in [1.82, 2.24) is 0 Å². The maximum atomic E-state index is 10.1. The maximum absolute atomic E-state index is 10.1. The third-order valence-corrected chi connectivity index (χ3v) is 4.77. The number of ether oxygens (including phenoxy) is 1. The van der Waals surface area contributed by atoms with Crippen LogP contribution in [0, 0.1) is 0 Å². The third kappa shape index (κ3) is 2.00. The molecular weight excluding hydrogens is 274 g/mol. The topological polar surface area (TPSA) is 41.8 Å². The average Bonchev–Trinajstić information content (AvgIpc) is 2.96. The Morgan fingerprint density at radius 3 is 2.59 bits per heavy atom. The van der Waals surface area contributed by atoms with E-state index in [9.17, 15) is 5.11 Å². The Hall–Kier alpha value is -2.29. The van der Waals surface area contributed by atoms with Crippen LogP contribution in [0.1, 0.15) is 36.8 Å². The third-order valence-electron chi connectivity index (χ3n) is 4.77. The second-order valence-corrected chi connectivity index (χ2v) is 6.08. The molecule has 0 spiro atoms. The first-order valence-electron chi connectivity index (χ1n) is 7.90. The maximum Gasteiger partial charge on any atom is 0.221 e. The lowest BCUT2D eigenvalue weighted by molar-refractivity contribution is 0.0921. The predicted octanol–water partition coefficient (Wildman–Crippen LogP) is 4.01. The van der Waals surface area contributed by atoms with Gasteiger partial charge < -0.3 is 9.84 Å². The van der Waals surface area contributed by atoms with Crippen LogP contribution in [0.5, 0.6) is 5.75 Å². The summed E-state index contributed by atoms with van der Waals surface area (Å²) in [5, 5.41) is 10.1. The van der Waals surface area contributed by atoms with Gasteiger partial charge in [0.05, 0.1) is 5.56 Å². The van der Waals surface area contributed by atoms with Gasteiger partial charge in [-0.15, -0.1) is 0 Å². The molecule has 112 valence electrons. The quantitative estimate of drug-likeness (QED) is 0.909. The van der Waals surface area contributed by atoms with Crippen molar-refractivity contribution >= 4 is 5.90 Å². The van der Waals surface area contributed by atoms with Crippen molar-refractivity contribution in [3.05, 3.63) is 65.7 Å². The zero-order valence-electron chi connectivity index (χ0n) is 12.4. The van der Waals surface area contributed by atoms with Crippen LogP contribution in [0.15, 0.2) is 59.6 Å². The number of hydrogen-bond acceptors (Lipinski definition) is 3. The molecular formula is C19H19NO2. The van der Waals surface area contributed by atoms with E-state index in [1.165, 1.54) is 12.0 Å². The number of phenols is 1. The van der Waals surface area contributed by atoms with Crippen molar-refractivity contribution in [3.8, 4) is 5.75 Å². The molecule has 1 N–H and O–H groups in total. The van der Waals surface area contributed by atoms with E-state index in [2.05, 4.69) is 24.3 Å². The van der Waals surface area contributed by atoms with E-state index in [1.807, 2.05) is 24.3 Å². The fraction of sp³-hybridized carbons (Fsp3) is 0.316. The Kier molecular flexibility index (Phi) is 3.14. The normalized spacial score (nSPS) is 26.9. The van der Waals surface area contributed by atoms with Crippen molar-refractivity contribution in [3.63, 3.8) is 0 Å². The molecule has 22 heavy (non-hydrogen) atoms. The zero-order valence-corrected chi connectivity index (χ0v) is 12.4. The van der Waals surface area contributed by atoms with Crippen molar-refractivity contribution in [1.29, 1.82) is 0 Å². The number of rotatable bonds is 2. The predicted molar refractivity (Wildman–Crippen MR) is 86.1 cm³/mol. The molecule has 0 radical (unpaired) electrons. The van der Waals surface area contributed by atoms with Gasteiger partial charge in [-0.3, -0.25) is 0 Å². The van der Waals surface area contributed by atoms with E-state index in [0.717, 1.165) is 19.3 Å². The lowest BCUT2D eigenvalue weighted by atomic mass is 9.75. The lowest BCUT2D eigenvalue weighted by Crippen LogP contribution is -2.38. The Labute approximate surface area is 130 Å². The van der Waals surface area contributed by atoms with Gasteiger partial charge in [0.15, 0.2) is 0 Å². The smallest absolute Gasteiger partial charge is 0.221 e. The Morgan fingerprint density at radius 2 is 1.77 bits per heavy atom. The fourth-order valence-corrected chi connectivity index (χ4v) is 3.65. The van der Waals surface area contributed by atoms with Gasteiger partial charge in [0.2, 0.25) is 5.90 Å². The van der Waals surface area contributed by atoms with Crippen LogP contribution in [0.4, 0.5) is 0 Å². The van der Waals surface area contributed by atoms with Crippen LogP contribution >= 0.6 is 0 Å². The number of phenolic OH excluding ortho intramolecular Hbond substituents is 1. The van der Waals surface area contributed by atoms with Crippen molar-refractivity contribution in [2.45, 2.75) is 37.3 Å². The molecule has 2 aliphatic rings. The number of fused-ring (bicyclic) bond motifs is 1. The lowest BCUT2D eigenvalue weighted by Gasteiger charge is -2.35. The first-order valence-corrected chi connectivity index (χ1v) is 7.90. The highest BCUT2D eigenvalue weighted by Gasteiger charge is 2.49. The molecule has 1 fully saturated rings. The van der Waals surface area contributed by atoms with Crippen molar-refractivity contribution in [2.75, 3.05) is 0 Å². The SMILES string of the molecule is Oc1ccccc1C1=N[C@@]2(c3ccccc3)CCCC[C@H]2O1. The van der Waals surface area contributed by atoms with Crippen LogP contribution < -0.4 is 0 Å². The van der Waals surface area contributed by atoms with E-state index >= 15 is 0 Å². The molecule has 0 saturated heterocycles. The summed E-state index contributed by atoms with van der Waals surface area (Å²) in [6.07, 6.45) is 4.40. The number of aromatic hydroxyl groups is 1. The molecule has 2 atom stereocenters. The van der Waals surface area contributed by atoms with E-state index < -0.39 is 0 Å². The van der Waals surface area contributed by atoms with Gasteiger partial charge in [-0.2, -0.15) is 0 Å². The number of para-hydroxylation sites is 1. The Balaban J connectivity index is 1.82. The largest absolute Gasteiger partial charge is 0.507 e. The first-order chi connectivity index (χ1) is 10.8. The van der Waals surface area contributed by atoms with Crippen LogP contribution in [0.2, 0.25) is 0 Å². The van der Waals surface area contributed by atoms with Gasteiger partial charge in [0.25, 0.3) is 0 Å². The van der Waals surface area contributed by atoms with Gasteiger partial charge in [0, 0.05) is 0 Å². The van der Waals surface area contributed by atoms with Crippen molar-refractivity contribution in [2.24, 2.45) is 4.99 Å². The van der Waals surface area contributed by atoms with E-state index in [-0.39, 0.29) is 17.4 Å². The molecule has 0 amide bonds. The fourth-order valence-electron chi connectivity index (χ4n) is 3.65. The summed E-state index contributed by atoms with van der Waals surface area (Å²) in [6, 6.07) is 17.7. The van der Waals surface area contributed by atoms with Crippen LogP contribution in [-0.4, -0.2) is 17.1 Å². The molecule has 2 aromatic rings. The first kappa shape index (κ1) is 13.4. The summed E-state index contributed by atoms with van der Waals surface area (Å²) in [7, 11) is 0. The summed E-state index contributed by atoms with van der Waals surface area (Å²) >= 11 is 0. The Morgan fingerprint density at radius 1 is 1.00 bits per heavy atom. The van der Waals surface area contributed by atoms with Gasteiger partial charge >= 0.3 is 0 Å². The molecule has 1 aliphatic carbocycles. The molecule has 1 heterocycles. The summed E-state index contributed by atoms with van der Waals surface area (Å²) < 4.78 is 6.18. The van der Waals surface area contributed by atoms with E-state index in [4.69, 9.17) is 9.73 Å². The molecule has 1 aliphatic heterocycles. The Bertz CT molecular complexity index is 710. The molecule has 3 heteroatoms. The van der Waals surface area contributed by atoms with Gasteiger partial charge in [-0.05, 0) is 37.0 Å². The molecule has 3 nitrogen and oxygen atoms in total. The number of benzene rings is 2. The monoisotopic (exact) mass is 293 g/mol. The zero-order chi connectivity index (χ0) is 15.0. The number of aliphatic imine (C=N–C) groups is 1. The minimum absolute atomic E-state index is 0.0678. The minimum Gasteiger partial charge on any atom is -0.507 e. The van der Waals surface area contributed by atoms with E-state index in [0.29, 0.717) is 11.5 Å². The van der Waals surface area contributed by atoms with Gasteiger partial charge in [0.1, 0.15) is 17.4 Å². The highest BCUT2D eigenvalue weighted by atomic mass is 16.5. The summed E-state index contributed by atoms with van der Waals surface area (Å²) in [4.78, 5) is 4.98. The molecule has 2 aromatic carbocycles. The second-order valence-electron chi connectivity index (χ2n) is 6.08. The van der Waals surface area contributed by atoms with Gasteiger partial charge in [-0.25, -0.2) is 4.99 Å². The molecule has 0 unspecified atom stereocenters. The minimum atomic E-state index is -0.295. The highest BCUT2D eigenvalue weighted by molar-refractivity contribution is 5.98. The standard InChI is InChI=1S/C19H19NO2/c21-16-11-5-4-10-15(16)18-20-19(14-8-2-1-3-9-14)13-7-6-12-17(19)22-18/h1-5,8-11,17,21H,6-7,12-13H2/t17-,19-/m1/s1. The summed E-state index contributed by atoms with van der Waals surface area (Å²) in [5.74, 6) is 0.803. The van der Waals surface area contributed by atoms with Gasteiger partial charge in [-0.1, -0.05) is 48.9 Å². The molecule has 0 aromatic heterocycles. The van der Waals surface area contributed by atoms with Crippen LogP contribution in [0.25, 0.3) is 0 Å². The van der Waals surface area contributed by atoms with Crippen LogP contribution in [-0.2, 0) is 10.3 Å². The van der Waals surface area contributed by atoms with Crippen molar-refractivity contribution < 1.29 is 9.84 Å². The van der Waals surface area contributed by atoms with Crippen LogP contribution in [0.3, 0.4) is 0 Å².